The van der Waals surface area contributed by atoms with Crippen molar-refractivity contribution < 1.29 is 9.90 Å². The lowest BCUT2D eigenvalue weighted by atomic mass is 9.75. The zero-order valence-electron chi connectivity index (χ0n) is 16.0. The maximum atomic E-state index is 13.4. The van der Waals surface area contributed by atoms with Gasteiger partial charge in [-0.15, -0.1) is 0 Å². The Morgan fingerprint density at radius 2 is 1.96 bits per heavy atom. The number of hydrogen-bond acceptors (Lipinski definition) is 4. The van der Waals surface area contributed by atoms with Crippen LogP contribution in [-0.2, 0) is 0 Å². The molecule has 28 heavy (non-hydrogen) atoms. The highest BCUT2D eigenvalue weighted by atomic mass is 16.3. The van der Waals surface area contributed by atoms with Gasteiger partial charge in [0.05, 0.1) is 6.04 Å². The molecule has 4 fully saturated rings. The minimum atomic E-state index is -0.222. The van der Waals surface area contributed by atoms with Gasteiger partial charge in [-0.2, -0.15) is 0 Å². The number of benzene rings is 1. The number of nitrogens with one attached hydrogen (secondary N) is 1. The van der Waals surface area contributed by atoms with Crippen molar-refractivity contribution >= 4 is 5.91 Å². The smallest absolute Gasteiger partial charge is 0.259 e. The number of fused-ring (bicyclic) bond motifs is 2. The van der Waals surface area contributed by atoms with Gasteiger partial charge in [0.15, 0.2) is 5.43 Å². The number of H-pyrrole nitrogens is 1. The molecule has 0 spiro atoms. The van der Waals surface area contributed by atoms with Crippen molar-refractivity contribution in [3.63, 3.8) is 0 Å². The maximum Gasteiger partial charge on any atom is 0.259 e. The number of aromatic amines is 1. The van der Waals surface area contributed by atoms with Gasteiger partial charge in [-0.3, -0.25) is 14.5 Å². The lowest BCUT2D eigenvalue weighted by molar-refractivity contribution is -0.00346. The average molecular weight is 379 g/mol. The molecule has 146 valence electrons. The first-order valence-electron chi connectivity index (χ1n) is 10.1. The van der Waals surface area contributed by atoms with Crippen molar-refractivity contribution in [2.24, 2.45) is 5.92 Å². The summed E-state index contributed by atoms with van der Waals surface area (Å²) >= 11 is 0. The fraction of sp³-hybridized carbons (Fsp3) is 0.455. The Labute approximate surface area is 163 Å². The number of aromatic nitrogens is 1. The molecule has 6 nitrogen and oxygen atoms in total. The standard InChI is InChI=1S/C22H25N3O3/c1-13-9-19(27)17(11-23-13)22(28)25-12-18(15-3-2-4-16(26)10-15)21-20(25)14-5-7-24(21)8-6-14/h2-4,9-11,14,18,20-21,26H,5-8,12H2,1H3,(H,23,27). The second-order valence-electron chi connectivity index (χ2n) is 8.41. The fourth-order valence-corrected chi connectivity index (χ4v) is 5.60. The van der Waals surface area contributed by atoms with Crippen molar-refractivity contribution in [1.82, 2.24) is 14.8 Å². The minimum absolute atomic E-state index is 0.128. The lowest BCUT2D eigenvalue weighted by Crippen LogP contribution is -2.60. The van der Waals surface area contributed by atoms with Gasteiger partial charge < -0.3 is 15.0 Å². The van der Waals surface area contributed by atoms with Crippen LogP contribution in [0.1, 0.15) is 40.4 Å². The van der Waals surface area contributed by atoms with Crippen molar-refractivity contribution in [1.29, 1.82) is 0 Å². The Hall–Kier alpha value is -2.60. The summed E-state index contributed by atoms with van der Waals surface area (Å²) < 4.78 is 0. The molecule has 0 radical (unpaired) electrons. The Bertz CT molecular complexity index is 977. The number of pyridine rings is 1. The van der Waals surface area contributed by atoms with Crippen LogP contribution in [0.2, 0.25) is 0 Å². The number of phenolic OH excluding ortho intramolecular Hbond substituents is 1. The summed E-state index contributed by atoms with van der Waals surface area (Å²) in [6.07, 6.45) is 3.75. The molecule has 5 heterocycles. The van der Waals surface area contributed by atoms with Crippen LogP contribution in [0.15, 0.2) is 41.3 Å². The molecule has 4 aliphatic heterocycles. The van der Waals surface area contributed by atoms with Gasteiger partial charge in [0.25, 0.3) is 5.91 Å². The van der Waals surface area contributed by atoms with Crippen LogP contribution in [0.4, 0.5) is 0 Å². The molecule has 3 atom stereocenters. The summed E-state index contributed by atoms with van der Waals surface area (Å²) in [5, 5.41) is 9.98. The Kier molecular flexibility index (Phi) is 4.05. The molecular weight excluding hydrogens is 354 g/mol. The van der Waals surface area contributed by atoms with Crippen LogP contribution in [-0.4, -0.2) is 57.5 Å². The van der Waals surface area contributed by atoms with E-state index in [-0.39, 0.29) is 40.7 Å². The number of likely N-dealkylation sites (tertiary alicyclic amines) is 1. The molecule has 2 bridgehead atoms. The van der Waals surface area contributed by atoms with Gasteiger partial charge in [-0.05, 0) is 56.5 Å². The predicted octanol–water partition coefficient (Wildman–Crippen LogP) is 2.09. The van der Waals surface area contributed by atoms with E-state index in [4.69, 9.17) is 0 Å². The third kappa shape index (κ3) is 2.66. The fourth-order valence-electron chi connectivity index (χ4n) is 5.60. The number of hydrogen-bond donors (Lipinski definition) is 2. The number of carbonyl (C=O) groups excluding carboxylic acids is 1. The van der Waals surface area contributed by atoms with Crippen LogP contribution in [0, 0.1) is 12.8 Å². The van der Waals surface area contributed by atoms with Crippen LogP contribution in [0.5, 0.6) is 5.75 Å². The molecule has 1 amide bonds. The summed E-state index contributed by atoms with van der Waals surface area (Å²) in [5.41, 5.74) is 1.81. The number of phenols is 1. The lowest BCUT2D eigenvalue weighted by Gasteiger charge is -2.51. The molecular formula is C22H25N3O3. The van der Waals surface area contributed by atoms with E-state index < -0.39 is 0 Å². The summed E-state index contributed by atoms with van der Waals surface area (Å²) in [7, 11) is 0. The number of nitrogens with zero attached hydrogens (tertiary/aromatic N) is 2. The van der Waals surface area contributed by atoms with Crippen molar-refractivity contribution in [3.05, 3.63) is 63.6 Å². The molecule has 6 rings (SSSR count). The zero-order chi connectivity index (χ0) is 19.4. The van der Waals surface area contributed by atoms with Crippen molar-refractivity contribution in [3.8, 4) is 5.75 Å². The van der Waals surface area contributed by atoms with Gasteiger partial charge in [-0.25, -0.2) is 0 Å². The van der Waals surface area contributed by atoms with E-state index in [0.29, 0.717) is 12.5 Å². The summed E-state index contributed by atoms with van der Waals surface area (Å²) in [4.78, 5) is 33.3. The van der Waals surface area contributed by atoms with Crippen LogP contribution >= 0.6 is 0 Å². The predicted molar refractivity (Wildman–Crippen MR) is 106 cm³/mol. The summed E-state index contributed by atoms with van der Waals surface area (Å²) in [5.74, 6) is 0.705. The molecule has 4 saturated heterocycles. The molecule has 0 aliphatic carbocycles. The highest BCUT2D eigenvalue weighted by Gasteiger charge is 2.54. The number of piperidine rings is 3. The zero-order valence-corrected chi connectivity index (χ0v) is 16.0. The topological polar surface area (TPSA) is 76.6 Å². The average Bonchev–Trinajstić information content (AvgIpc) is 3.11. The molecule has 6 heteroatoms. The molecule has 0 saturated carbocycles. The van der Waals surface area contributed by atoms with E-state index >= 15 is 0 Å². The van der Waals surface area contributed by atoms with Gasteiger partial charge in [0.1, 0.15) is 11.3 Å². The van der Waals surface area contributed by atoms with E-state index in [1.807, 2.05) is 30.0 Å². The normalized spacial score (nSPS) is 31.0. The van der Waals surface area contributed by atoms with Crippen molar-refractivity contribution in [2.45, 2.75) is 37.8 Å². The minimum Gasteiger partial charge on any atom is -0.508 e. The van der Waals surface area contributed by atoms with Gasteiger partial charge in [0.2, 0.25) is 0 Å². The number of aryl methyl sites for hydroxylation is 1. The molecule has 1 aromatic carbocycles. The molecule has 1 aromatic heterocycles. The Morgan fingerprint density at radius 3 is 2.68 bits per heavy atom. The van der Waals surface area contributed by atoms with Crippen LogP contribution in [0.3, 0.4) is 0 Å². The van der Waals surface area contributed by atoms with Crippen molar-refractivity contribution in [2.75, 3.05) is 19.6 Å². The highest BCUT2D eigenvalue weighted by Crippen LogP contribution is 2.47. The van der Waals surface area contributed by atoms with Gasteiger partial charge in [-0.1, -0.05) is 12.1 Å². The van der Waals surface area contributed by atoms with Crippen LogP contribution in [0.25, 0.3) is 0 Å². The van der Waals surface area contributed by atoms with E-state index in [0.717, 1.165) is 37.2 Å². The number of aromatic hydroxyl groups is 1. The van der Waals surface area contributed by atoms with Crippen LogP contribution < -0.4 is 5.43 Å². The summed E-state index contributed by atoms with van der Waals surface area (Å²) in [6.45, 7) is 4.52. The third-order valence-corrected chi connectivity index (χ3v) is 6.84. The van der Waals surface area contributed by atoms with E-state index in [1.54, 1.807) is 12.3 Å². The van der Waals surface area contributed by atoms with E-state index in [2.05, 4.69) is 9.88 Å². The quantitative estimate of drug-likeness (QED) is 0.838. The first kappa shape index (κ1) is 17.5. The maximum absolute atomic E-state index is 13.4. The number of amides is 1. The number of carbonyl (C=O) groups is 1. The Morgan fingerprint density at radius 1 is 1.18 bits per heavy atom. The first-order valence-corrected chi connectivity index (χ1v) is 10.1. The van der Waals surface area contributed by atoms with Gasteiger partial charge >= 0.3 is 0 Å². The molecule has 2 N–H and O–H groups in total. The summed E-state index contributed by atoms with van der Waals surface area (Å²) in [6, 6.07) is 9.27. The van der Waals surface area contributed by atoms with Gasteiger partial charge in [0, 0.05) is 36.5 Å². The SMILES string of the molecule is Cc1cc(=O)c(C(=O)N2CC(c3cccc(O)c3)C3C2C2CCN3CC2)c[nH]1. The van der Waals surface area contributed by atoms with E-state index in [9.17, 15) is 14.7 Å². The highest BCUT2D eigenvalue weighted by molar-refractivity contribution is 5.94. The second-order valence-corrected chi connectivity index (χ2v) is 8.41. The largest absolute Gasteiger partial charge is 0.508 e. The molecule has 3 unspecified atom stereocenters. The van der Waals surface area contributed by atoms with E-state index in [1.165, 1.54) is 6.07 Å². The molecule has 4 aliphatic rings. The Balaban J connectivity index is 1.55. The molecule has 2 aromatic rings. The number of rotatable bonds is 2. The third-order valence-electron chi connectivity index (χ3n) is 6.84. The second kappa shape index (κ2) is 6.48. The first-order chi connectivity index (χ1) is 13.5. The monoisotopic (exact) mass is 379 g/mol.